The van der Waals surface area contributed by atoms with Gasteiger partial charge in [0.2, 0.25) is 5.89 Å². The van der Waals surface area contributed by atoms with Crippen LogP contribution in [0, 0.1) is 11.6 Å². The standard InChI is InChI=1S/C26H18BrF5N4O5/c27-22-21(13-4-6-14(7-5-13)26(30,31)32)35-24(41-22)18(12-36(25(38)39)11-15-3-1-2-10-34-15)40-17-9-8-16(28)19(20(17)29)23(33)37/h1-10,18H,11-12H2,(H2,33,37)(H,38,39). The molecule has 2 aromatic heterocycles. The zero-order valence-corrected chi connectivity index (χ0v) is 22.1. The second kappa shape index (κ2) is 11.9. The molecule has 0 saturated carbocycles. The Labute approximate surface area is 236 Å². The summed E-state index contributed by atoms with van der Waals surface area (Å²) in [6.45, 7) is -0.768. The van der Waals surface area contributed by atoms with Crippen LogP contribution in [0.15, 0.2) is 69.9 Å². The molecule has 2 aromatic carbocycles. The van der Waals surface area contributed by atoms with E-state index < -0.39 is 59.3 Å². The quantitative estimate of drug-likeness (QED) is 0.208. The molecule has 0 spiro atoms. The van der Waals surface area contributed by atoms with Crippen molar-refractivity contribution in [2.45, 2.75) is 18.8 Å². The highest BCUT2D eigenvalue weighted by Gasteiger charge is 2.32. The van der Waals surface area contributed by atoms with Crippen LogP contribution in [0.5, 0.6) is 5.75 Å². The number of pyridine rings is 1. The van der Waals surface area contributed by atoms with E-state index in [0.717, 1.165) is 41.3 Å². The zero-order chi connectivity index (χ0) is 29.9. The Morgan fingerprint density at radius 3 is 2.39 bits per heavy atom. The maximum atomic E-state index is 15.0. The number of ether oxygens (including phenoxy) is 1. The summed E-state index contributed by atoms with van der Waals surface area (Å²) in [5, 5.41) is 9.84. The van der Waals surface area contributed by atoms with E-state index >= 15 is 4.39 Å². The molecule has 1 atom stereocenters. The summed E-state index contributed by atoms with van der Waals surface area (Å²) in [5.41, 5.74) is 3.70. The van der Waals surface area contributed by atoms with Crippen LogP contribution in [0.1, 0.15) is 33.6 Å². The van der Waals surface area contributed by atoms with Gasteiger partial charge in [0.1, 0.15) is 17.1 Å². The van der Waals surface area contributed by atoms with Crippen LogP contribution in [0.2, 0.25) is 0 Å². The fourth-order valence-corrected chi connectivity index (χ4v) is 4.20. The summed E-state index contributed by atoms with van der Waals surface area (Å²) in [4.78, 5) is 32.9. The average molecular weight is 641 g/mol. The SMILES string of the molecule is NC(=O)c1c(F)ccc(OC(CN(Cc2ccccn2)C(=O)O)c2nc(-c3ccc(C(F)(F)F)cc3)c(Br)o2)c1F. The third kappa shape index (κ3) is 6.80. The Kier molecular flexibility index (Phi) is 8.56. The third-order valence-electron chi connectivity index (χ3n) is 5.67. The lowest BCUT2D eigenvalue weighted by molar-refractivity contribution is -0.137. The van der Waals surface area contributed by atoms with Crippen molar-refractivity contribution in [2.75, 3.05) is 6.54 Å². The first-order valence-corrected chi connectivity index (χ1v) is 12.3. The molecule has 214 valence electrons. The summed E-state index contributed by atoms with van der Waals surface area (Å²) in [6, 6.07) is 10.4. The normalized spacial score (nSPS) is 12.1. The molecule has 0 saturated heterocycles. The van der Waals surface area contributed by atoms with E-state index in [1.807, 2.05) is 0 Å². The average Bonchev–Trinajstić information content (AvgIpc) is 3.30. The van der Waals surface area contributed by atoms with Crippen LogP contribution in [0.3, 0.4) is 0 Å². The molecule has 3 N–H and O–H groups in total. The number of amides is 2. The minimum Gasteiger partial charge on any atom is -0.476 e. The minimum atomic E-state index is -4.57. The molecular formula is C26H18BrF5N4O5. The number of alkyl halides is 3. The van der Waals surface area contributed by atoms with Gasteiger partial charge in [0.25, 0.3) is 5.91 Å². The number of aromatic nitrogens is 2. The van der Waals surface area contributed by atoms with Gasteiger partial charge in [-0.15, -0.1) is 0 Å². The Bertz CT molecular complexity index is 1570. The molecule has 0 bridgehead atoms. The van der Waals surface area contributed by atoms with E-state index in [9.17, 15) is 32.3 Å². The van der Waals surface area contributed by atoms with Gasteiger partial charge in [-0.25, -0.2) is 18.6 Å². The van der Waals surface area contributed by atoms with E-state index in [1.54, 1.807) is 18.2 Å². The molecule has 41 heavy (non-hydrogen) atoms. The highest BCUT2D eigenvalue weighted by Crippen LogP contribution is 2.36. The molecule has 15 heteroatoms. The van der Waals surface area contributed by atoms with Crippen LogP contribution < -0.4 is 10.5 Å². The molecular weight excluding hydrogens is 623 g/mol. The van der Waals surface area contributed by atoms with Crippen LogP contribution in [0.4, 0.5) is 26.7 Å². The van der Waals surface area contributed by atoms with Crippen molar-refractivity contribution in [1.29, 1.82) is 0 Å². The number of carbonyl (C=O) groups excluding carboxylic acids is 1. The van der Waals surface area contributed by atoms with E-state index in [4.69, 9.17) is 14.9 Å². The molecule has 2 heterocycles. The second-order valence-corrected chi connectivity index (χ2v) is 9.16. The van der Waals surface area contributed by atoms with Gasteiger partial charge in [0.05, 0.1) is 24.3 Å². The van der Waals surface area contributed by atoms with Crippen LogP contribution in [-0.4, -0.2) is 38.5 Å². The number of rotatable bonds is 9. The van der Waals surface area contributed by atoms with Crippen molar-refractivity contribution < 1.29 is 45.8 Å². The van der Waals surface area contributed by atoms with Crippen molar-refractivity contribution in [3.8, 4) is 17.0 Å². The number of nitrogens with zero attached hydrogens (tertiary/aromatic N) is 3. The van der Waals surface area contributed by atoms with Crippen molar-refractivity contribution in [1.82, 2.24) is 14.9 Å². The lowest BCUT2D eigenvalue weighted by Gasteiger charge is -2.24. The number of carbonyl (C=O) groups is 2. The number of hydrogen-bond acceptors (Lipinski definition) is 6. The van der Waals surface area contributed by atoms with Crippen LogP contribution in [0.25, 0.3) is 11.3 Å². The minimum absolute atomic E-state index is 0.0336. The highest BCUT2D eigenvalue weighted by molar-refractivity contribution is 9.10. The second-order valence-electron chi connectivity index (χ2n) is 8.44. The van der Waals surface area contributed by atoms with Gasteiger partial charge >= 0.3 is 12.3 Å². The summed E-state index contributed by atoms with van der Waals surface area (Å²) in [5.74, 6) is -5.08. The molecule has 4 aromatic rings. The van der Waals surface area contributed by atoms with Crippen molar-refractivity contribution in [3.05, 3.63) is 99.8 Å². The van der Waals surface area contributed by atoms with E-state index in [2.05, 4.69) is 25.9 Å². The third-order valence-corrected chi connectivity index (χ3v) is 6.21. The van der Waals surface area contributed by atoms with Gasteiger partial charge in [-0.2, -0.15) is 13.2 Å². The number of hydrogen-bond donors (Lipinski definition) is 2. The zero-order valence-electron chi connectivity index (χ0n) is 20.5. The maximum absolute atomic E-state index is 15.0. The maximum Gasteiger partial charge on any atom is 0.416 e. The predicted molar refractivity (Wildman–Crippen MR) is 136 cm³/mol. The first kappa shape index (κ1) is 29.5. The van der Waals surface area contributed by atoms with Crippen molar-refractivity contribution in [3.63, 3.8) is 0 Å². The Morgan fingerprint density at radius 2 is 1.80 bits per heavy atom. The Balaban J connectivity index is 1.74. The number of carboxylic acid groups (broad SMARTS) is 1. The molecule has 0 aliphatic carbocycles. The fraction of sp³-hybridized carbons (Fsp3) is 0.154. The van der Waals surface area contributed by atoms with Gasteiger partial charge in [-0.05, 0) is 52.3 Å². The molecule has 9 nitrogen and oxygen atoms in total. The first-order valence-electron chi connectivity index (χ1n) is 11.5. The smallest absolute Gasteiger partial charge is 0.416 e. The number of oxazole rings is 1. The van der Waals surface area contributed by atoms with Crippen LogP contribution >= 0.6 is 15.9 Å². The molecule has 1 unspecified atom stereocenters. The summed E-state index contributed by atoms with van der Waals surface area (Å²) in [7, 11) is 0. The molecule has 0 aliphatic heterocycles. The highest BCUT2D eigenvalue weighted by atomic mass is 79.9. The number of benzene rings is 2. The van der Waals surface area contributed by atoms with Crippen molar-refractivity contribution in [2.24, 2.45) is 5.73 Å². The monoisotopic (exact) mass is 640 g/mol. The summed E-state index contributed by atoms with van der Waals surface area (Å²) in [6.07, 6.45) is -6.05. The van der Waals surface area contributed by atoms with E-state index in [0.29, 0.717) is 5.69 Å². The molecule has 4 rings (SSSR count). The Morgan fingerprint density at radius 1 is 1.10 bits per heavy atom. The molecule has 0 fully saturated rings. The van der Waals surface area contributed by atoms with Gasteiger partial charge in [-0.1, -0.05) is 18.2 Å². The predicted octanol–water partition coefficient (Wildman–Crippen LogP) is 6.20. The summed E-state index contributed by atoms with van der Waals surface area (Å²) < 4.78 is 79.3. The van der Waals surface area contributed by atoms with Gasteiger partial charge < -0.3 is 20.0 Å². The largest absolute Gasteiger partial charge is 0.476 e. The topological polar surface area (TPSA) is 132 Å². The Hall–Kier alpha value is -4.53. The lowest BCUT2D eigenvalue weighted by atomic mass is 10.1. The first-order chi connectivity index (χ1) is 19.3. The number of nitrogens with two attached hydrogens (primary N) is 1. The van der Waals surface area contributed by atoms with Gasteiger partial charge in [-0.3, -0.25) is 14.7 Å². The fourth-order valence-electron chi connectivity index (χ4n) is 3.72. The molecule has 0 aliphatic rings. The molecule has 2 amide bonds. The number of halogens is 6. The molecule has 0 radical (unpaired) electrons. The summed E-state index contributed by atoms with van der Waals surface area (Å²) >= 11 is 3.14. The van der Waals surface area contributed by atoms with Gasteiger partial charge in [0, 0.05) is 11.8 Å². The lowest BCUT2D eigenvalue weighted by Crippen LogP contribution is -2.35. The van der Waals surface area contributed by atoms with E-state index in [1.165, 1.54) is 6.20 Å². The van der Waals surface area contributed by atoms with E-state index in [-0.39, 0.29) is 28.4 Å². The van der Waals surface area contributed by atoms with Crippen LogP contribution in [-0.2, 0) is 12.7 Å². The number of primary amides is 1. The van der Waals surface area contributed by atoms with Gasteiger partial charge in [0.15, 0.2) is 22.3 Å². The van der Waals surface area contributed by atoms with Crippen molar-refractivity contribution >= 4 is 27.9 Å².